The minimum absolute atomic E-state index is 0.0480. The number of fused-ring (bicyclic) bond motifs is 1. The first-order valence-corrected chi connectivity index (χ1v) is 11.6. The van der Waals surface area contributed by atoms with Gasteiger partial charge in [-0.3, -0.25) is 4.79 Å². The maximum Gasteiger partial charge on any atom is 0.258 e. The molecule has 1 aliphatic heterocycles. The van der Waals surface area contributed by atoms with E-state index in [9.17, 15) is 4.79 Å². The van der Waals surface area contributed by atoms with Gasteiger partial charge < -0.3 is 19.9 Å². The van der Waals surface area contributed by atoms with E-state index < -0.39 is 0 Å². The molecule has 6 nitrogen and oxygen atoms in total. The van der Waals surface area contributed by atoms with Gasteiger partial charge in [0.25, 0.3) is 5.91 Å². The average molecular weight is 453 g/mol. The molecule has 0 aliphatic carbocycles. The van der Waals surface area contributed by atoms with Gasteiger partial charge >= 0.3 is 0 Å². The number of nitrogens with zero attached hydrogens (tertiary/aromatic N) is 3. The number of hydrogen-bond donors (Lipinski definition) is 1. The van der Waals surface area contributed by atoms with Crippen LogP contribution >= 0.6 is 0 Å². The Morgan fingerprint density at radius 2 is 1.50 bits per heavy atom. The van der Waals surface area contributed by atoms with Gasteiger partial charge in [0.15, 0.2) is 6.61 Å². The van der Waals surface area contributed by atoms with Crippen molar-refractivity contribution >= 4 is 28.3 Å². The maximum absolute atomic E-state index is 12.3. The van der Waals surface area contributed by atoms with Crippen molar-refractivity contribution in [2.75, 3.05) is 42.6 Å². The van der Waals surface area contributed by atoms with Crippen LogP contribution in [0.2, 0.25) is 0 Å². The number of carbonyl (C=O) groups is 1. The number of rotatable bonds is 7. The Kier molecular flexibility index (Phi) is 6.56. The summed E-state index contributed by atoms with van der Waals surface area (Å²) in [5.41, 5.74) is 3.09. The van der Waals surface area contributed by atoms with Crippen molar-refractivity contribution in [3.8, 4) is 5.75 Å². The second kappa shape index (κ2) is 10.3. The number of para-hydroxylation sites is 2. The summed E-state index contributed by atoms with van der Waals surface area (Å²) in [7, 11) is 0. The predicted molar refractivity (Wildman–Crippen MR) is 136 cm³/mol. The number of carbonyl (C=O) groups excluding carboxylic acids is 1. The van der Waals surface area contributed by atoms with Crippen molar-refractivity contribution in [2.45, 2.75) is 6.54 Å². The standard InChI is InChI=1S/C28H28N4O2/c33-27(29-20-22-8-3-1-4-9-22)21-34-25-13-7-10-23-14-15-26(30-28(23)25)32-18-16-31(17-19-32)24-11-5-2-6-12-24/h1-15H,16-21H2,(H,29,33). The second-order valence-corrected chi connectivity index (χ2v) is 8.36. The maximum atomic E-state index is 12.3. The molecule has 3 aromatic carbocycles. The van der Waals surface area contributed by atoms with Gasteiger partial charge in [0.1, 0.15) is 17.1 Å². The highest BCUT2D eigenvalue weighted by Crippen LogP contribution is 2.27. The number of pyridine rings is 1. The molecule has 34 heavy (non-hydrogen) atoms. The van der Waals surface area contributed by atoms with Crippen LogP contribution in [0.25, 0.3) is 10.9 Å². The fraction of sp³-hybridized carbons (Fsp3) is 0.214. The summed E-state index contributed by atoms with van der Waals surface area (Å²) in [6.45, 7) is 4.13. The van der Waals surface area contributed by atoms with E-state index in [1.807, 2.05) is 54.6 Å². The number of anilines is 2. The van der Waals surface area contributed by atoms with Gasteiger partial charge in [0.05, 0.1) is 0 Å². The van der Waals surface area contributed by atoms with Crippen molar-refractivity contribution in [1.29, 1.82) is 0 Å². The molecule has 1 aliphatic rings. The molecule has 0 bridgehead atoms. The van der Waals surface area contributed by atoms with Crippen LogP contribution in [0.15, 0.2) is 91.0 Å². The third-order valence-corrected chi connectivity index (χ3v) is 6.08. The molecule has 5 rings (SSSR count). The summed E-state index contributed by atoms with van der Waals surface area (Å²) in [5, 5.41) is 3.90. The highest BCUT2D eigenvalue weighted by molar-refractivity contribution is 5.86. The fourth-order valence-corrected chi connectivity index (χ4v) is 4.23. The lowest BCUT2D eigenvalue weighted by molar-refractivity contribution is -0.123. The summed E-state index contributed by atoms with van der Waals surface area (Å²) in [4.78, 5) is 21.9. The van der Waals surface area contributed by atoms with Crippen LogP contribution in [-0.4, -0.2) is 43.7 Å². The molecule has 0 spiro atoms. The normalized spacial score (nSPS) is 13.6. The first-order chi connectivity index (χ1) is 16.8. The molecule has 4 aromatic rings. The monoisotopic (exact) mass is 452 g/mol. The first-order valence-electron chi connectivity index (χ1n) is 11.6. The molecule has 2 heterocycles. The summed E-state index contributed by atoms with van der Waals surface area (Å²) in [5.74, 6) is 1.40. The minimum atomic E-state index is -0.158. The highest BCUT2D eigenvalue weighted by Gasteiger charge is 2.19. The number of hydrogen-bond acceptors (Lipinski definition) is 5. The van der Waals surface area contributed by atoms with E-state index in [2.05, 4.69) is 51.5 Å². The van der Waals surface area contributed by atoms with Crippen LogP contribution in [0.4, 0.5) is 11.5 Å². The number of aromatic nitrogens is 1. The van der Waals surface area contributed by atoms with E-state index in [1.54, 1.807) is 0 Å². The summed E-state index contributed by atoms with van der Waals surface area (Å²) < 4.78 is 5.89. The topological polar surface area (TPSA) is 57.7 Å². The van der Waals surface area contributed by atoms with Crippen LogP contribution in [0.1, 0.15) is 5.56 Å². The quantitative estimate of drug-likeness (QED) is 0.454. The van der Waals surface area contributed by atoms with Crippen molar-refractivity contribution in [2.24, 2.45) is 0 Å². The predicted octanol–water partition coefficient (Wildman–Crippen LogP) is 4.26. The summed E-state index contributed by atoms with van der Waals surface area (Å²) in [6.07, 6.45) is 0. The average Bonchev–Trinajstić information content (AvgIpc) is 2.91. The van der Waals surface area contributed by atoms with Crippen molar-refractivity contribution in [3.05, 3.63) is 96.6 Å². The third-order valence-electron chi connectivity index (χ3n) is 6.08. The summed E-state index contributed by atoms with van der Waals surface area (Å²) >= 11 is 0. The van der Waals surface area contributed by atoms with Crippen LogP contribution in [0.5, 0.6) is 5.75 Å². The molecule has 0 unspecified atom stereocenters. The number of piperazine rings is 1. The van der Waals surface area contributed by atoms with Gasteiger partial charge in [-0.1, -0.05) is 60.7 Å². The van der Waals surface area contributed by atoms with E-state index >= 15 is 0 Å². The number of amides is 1. The lowest BCUT2D eigenvalue weighted by atomic mass is 10.2. The van der Waals surface area contributed by atoms with Gasteiger partial charge in [0.2, 0.25) is 0 Å². The Hall–Kier alpha value is -4.06. The van der Waals surface area contributed by atoms with Crippen molar-refractivity contribution in [3.63, 3.8) is 0 Å². The number of ether oxygens (including phenoxy) is 1. The zero-order chi connectivity index (χ0) is 23.2. The smallest absolute Gasteiger partial charge is 0.258 e. The Balaban J connectivity index is 1.23. The van der Waals surface area contributed by atoms with Gasteiger partial charge in [-0.25, -0.2) is 4.98 Å². The SMILES string of the molecule is O=C(COc1cccc2ccc(N3CCN(c4ccccc4)CC3)nc12)NCc1ccccc1. The molecular formula is C28H28N4O2. The molecule has 1 amide bonds. The second-order valence-electron chi connectivity index (χ2n) is 8.36. The molecule has 0 saturated carbocycles. The Bertz CT molecular complexity index is 1240. The highest BCUT2D eigenvalue weighted by atomic mass is 16.5. The third kappa shape index (κ3) is 5.12. The zero-order valence-electron chi connectivity index (χ0n) is 19.1. The first kappa shape index (κ1) is 21.8. The molecule has 0 atom stereocenters. The van der Waals surface area contributed by atoms with E-state index in [4.69, 9.17) is 9.72 Å². The minimum Gasteiger partial charge on any atom is -0.481 e. The van der Waals surface area contributed by atoms with E-state index in [0.29, 0.717) is 12.3 Å². The Morgan fingerprint density at radius 3 is 2.26 bits per heavy atom. The number of benzene rings is 3. The van der Waals surface area contributed by atoms with Crippen LogP contribution in [-0.2, 0) is 11.3 Å². The molecule has 0 radical (unpaired) electrons. The molecular weight excluding hydrogens is 424 g/mol. The summed E-state index contributed by atoms with van der Waals surface area (Å²) in [6, 6.07) is 30.3. The fourth-order valence-electron chi connectivity index (χ4n) is 4.23. The largest absolute Gasteiger partial charge is 0.481 e. The lowest BCUT2D eigenvalue weighted by Gasteiger charge is -2.36. The van der Waals surface area contributed by atoms with Crippen molar-refractivity contribution < 1.29 is 9.53 Å². The molecule has 1 fully saturated rings. The molecule has 1 N–H and O–H groups in total. The van der Waals surface area contributed by atoms with Gasteiger partial charge in [-0.15, -0.1) is 0 Å². The zero-order valence-corrected chi connectivity index (χ0v) is 19.1. The van der Waals surface area contributed by atoms with E-state index in [-0.39, 0.29) is 12.5 Å². The lowest BCUT2D eigenvalue weighted by Crippen LogP contribution is -2.46. The molecule has 1 saturated heterocycles. The molecule has 6 heteroatoms. The Morgan fingerprint density at radius 1 is 0.794 bits per heavy atom. The van der Waals surface area contributed by atoms with E-state index in [0.717, 1.165) is 48.5 Å². The molecule has 1 aromatic heterocycles. The van der Waals surface area contributed by atoms with Crippen LogP contribution in [0, 0.1) is 0 Å². The van der Waals surface area contributed by atoms with Crippen LogP contribution < -0.4 is 19.9 Å². The van der Waals surface area contributed by atoms with Gasteiger partial charge in [-0.05, 0) is 35.9 Å². The van der Waals surface area contributed by atoms with Gasteiger partial charge in [0, 0.05) is 43.8 Å². The van der Waals surface area contributed by atoms with Crippen molar-refractivity contribution in [1.82, 2.24) is 10.3 Å². The molecule has 172 valence electrons. The van der Waals surface area contributed by atoms with E-state index in [1.165, 1.54) is 5.69 Å². The number of nitrogens with one attached hydrogen (secondary N) is 1. The Labute approximate surface area is 199 Å². The van der Waals surface area contributed by atoms with Gasteiger partial charge in [-0.2, -0.15) is 0 Å². The van der Waals surface area contributed by atoms with Crippen LogP contribution in [0.3, 0.4) is 0 Å².